The van der Waals surface area contributed by atoms with Crippen LogP contribution >= 0.6 is 11.3 Å². The van der Waals surface area contributed by atoms with Gasteiger partial charge in [-0.15, -0.1) is 11.3 Å². The van der Waals surface area contributed by atoms with Crippen LogP contribution in [0.25, 0.3) is 0 Å². The van der Waals surface area contributed by atoms with Crippen LogP contribution in [0.1, 0.15) is 30.8 Å². The number of anilines is 1. The molecular weight excluding hydrogens is 278 g/mol. The van der Waals surface area contributed by atoms with Crippen molar-refractivity contribution in [3.8, 4) is 0 Å². The van der Waals surface area contributed by atoms with E-state index in [0.717, 1.165) is 55.7 Å². The van der Waals surface area contributed by atoms with Crippen molar-refractivity contribution in [1.29, 1.82) is 0 Å². The van der Waals surface area contributed by atoms with Gasteiger partial charge in [0.15, 0.2) is 5.13 Å². The summed E-state index contributed by atoms with van der Waals surface area (Å²) in [5.74, 6) is 1.57. The van der Waals surface area contributed by atoms with Crippen LogP contribution in [0.4, 0.5) is 5.13 Å². The summed E-state index contributed by atoms with van der Waals surface area (Å²) in [6, 6.07) is 0. The van der Waals surface area contributed by atoms with Gasteiger partial charge in [-0.25, -0.2) is 4.98 Å². The van der Waals surface area contributed by atoms with Gasteiger partial charge in [0.2, 0.25) is 0 Å². The lowest BCUT2D eigenvalue weighted by molar-refractivity contribution is 0.673. The number of thiazole rings is 1. The number of nitrogens with one attached hydrogen (secondary N) is 1. The predicted octanol–water partition coefficient (Wildman–Crippen LogP) is 1.77. The van der Waals surface area contributed by atoms with E-state index in [1.165, 1.54) is 10.6 Å². The number of aromatic nitrogens is 1. The monoisotopic (exact) mass is 301 g/mol. The Morgan fingerprint density at radius 2 is 2.11 bits per heavy atom. The quantitative estimate of drug-likeness (QED) is 0.870. The second-order valence-electron chi connectivity index (χ2n) is 4.73. The van der Waals surface area contributed by atoms with Gasteiger partial charge in [0.25, 0.3) is 0 Å². The molecule has 0 radical (unpaired) electrons. The van der Waals surface area contributed by atoms with Gasteiger partial charge in [0, 0.05) is 46.8 Å². The maximum Gasteiger partial charge on any atom is 0.185 e. The molecule has 2 rings (SSSR count). The SMILES string of the molecule is CCCc1nc(N2CCS(=O)CC2)sc1CNCC. The first-order valence-electron chi connectivity index (χ1n) is 7.03. The van der Waals surface area contributed by atoms with E-state index in [1.54, 1.807) is 11.3 Å². The Hall–Kier alpha value is -0.460. The van der Waals surface area contributed by atoms with Gasteiger partial charge in [0.05, 0.1) is 5.69 Å². The van der Waals surface area contributed by atoms with Crippen LogP contribution in [0.5, 0.6) is 0 Å². The number of hydrogen-bond donors (Lipinski definition) is 1. The highest BCUT2D eigenvalue weighted by atomic mass is 32.2. The van der Waals surface area contributed by atoms with Crippen molar-refractivity contribution in [3.05, 3.63) is 10.6 Å². The minimum atomic E-state index is -0.619. The largest absolute Gasteiger partial charge is 0.346 e. The van der Waals surface area contributed by atoms with E-state index >= 15 is 0 Å². The lowest BCUT2D eigenvalue weighted by atomic mass is 10.2. The smallest absolute Gasteiger partial charge is 0.185 e. The van der Waals surface area contributed by atoms with E-state index < -0.39 is 10.8 Å². The highest BCUT2D eigenvalue weighted by molar-refractivity contribution is 7.85. The van der Waals surface area contributed by atoms with Gasteiger partial charge < -0.3 is 10.2 Å². The highest BCUT2D eigenvalue weighted by Crippen LogP contribution is 2.28. The first-order chi connectivity index (χ1) is 9.24. The van der Waals surface area contributed by atoms with Crippen molar-refractivity contribution in [2.75, 3.05) is 36.0 Å². The van der Waals surface area contributed by atoms with Crippen molar-refractivity contribution < 1.29 is 4.21 Å². The third-order valence-corrected chi connectivity index (χ3v) is 5.67. The second kappa shape index (κ2) is 7.36. The van der Waals surface area contributed by atoms with E-state index in [2.05, 4.69) is 24.1 Å². The normalized spacial score (nSPS) is 17.1. The molecule has 1 aliphatic heterocycles. The van der Waals surface area contributed by atoms with Gasteiger partial charge >= 0.3 is 0 Å². The molecule has 1 aromatic rings. The molecule has 19 heavy (non-hydrogen) atoms. The topological polar surface area (TPSA) is 45.2 Å². The maximum atomic E-state index is 11.4. The number of aryl methyl sites for hydroxylation is 1. The summed E-state index contributed by atoms with van der Waals surface area (Å²) in [6.07, 6.45) is 2.18. The molecule has 108 valence electrons. The third kappa shape index (κ3) is 4.00. The standard InChI is InChI=1S/C13H23N3OS2/c1-3-5-11-12(10-14-4-2)18-13(15-11)16-6-8-19(17)9-7-16/h14H,3-10H2,1-2H3. The summed E-state index contributed by atoms with van der Waals surface area (Å²) in [5, 5.41) is 4.51. The molecule has 0 bridgehead atoms. The van der Waals surface area contributed by atoms with Crippen molar-refractivity contribution in [3.63, 3.8) is 0 Å². The van der Waals surface area contributed by atoms with Crippen LogP contribution in [0.15, 0.2) is 0 Å². The van der Waals surface area contributed by atoms with E-state index in [9.17, 15) is 4.21 Å². The zero-order valence-corrected chi connectivity index (χ0v) is 13.4. The Morgan fingerprint density at radius 3 is 2.74 bits per heavy atom. The van der Waals surface area contributed by atoms with E-state index in [1.807, 2.05) is 0 Å². The Morgan fingerprint density at radius 1 is 1.37 bits per heavy atom. The fourth-order valence-corrected chi connectivity index (χ4v) is 4.32. The fourth-order valence-electron chi connectivity index (χ4n) is 2.14. The Labute approximate surface area is 122 Å². The van der Waals surface area contributed by atoms with Gasteiger partial charge in [-0.3, -0.25) is 4.21 Å². The number of hydrogen-bond acceptors (Lipinski definition) is 5. The summed E-state index contributed by atoms with van der Waals surface area (Å²) in [5.41, 5.74) is 1.25. The Balaban J connectivity index is 2.09. The molecule has 6 heteroatoms. The van der Waals surface area contributed by atoms with Gasteiger partial charge in [-0.2, -0.15) is 0 Å². The molecule has 4 nitrogen and oxygen atoms in total. The maximum absolute atomic E-state index is 11.4. The first-order valence-corrected chi connectivity index (χ1v) is 9.34. The Bertz CT molecular complexity index is 424. The number of rotatable bonds is 6. The molecule has 0 unspecified atom stereocenters. The van der Waals surface area contributed by atoms with E-state index in [-0.39, 0.29) is 0 Å². The fraction of sp³-hybridized carbons (Fsp3) is 0.769. The molecule has 0 saturated carbocycles. The summed E-state index contributed by atoms with van der Waals surface area (Å²) >= 11 is 1.80. The molecule has 1 aliphatic rings. The minimum absolute atomic E-state index is 0.619. The van der Waals surface area contributed by atoms with Crippen molar-refractivity contribution in [2.24, 2.45) is 0 Å². The van der Waals surface area contributed by atoms with Gasteiger partial charge in [-0.1, -0.05) is 20.3 Å². The molecule has 0 atom stereocenters. The van der Waals surface area contributed by atoms with Crippen molar-refractivity contribution in [1.82, 2.24) is 10.3 Å². The minimum Gasteiger partial charge on any atom is -0.346 e. The summed E-state index contributed by atoms with van der Waals surface area (Å²) in [7, 11) is -0.619. The zero-order valence-electron chi connectivity index (χ0n) is 11.8. The average molecular weight is 301 g/mol. The second-order valence-corrected chi connectivity index (χ2v) is 7.49. The summed E-state index contributed by atoms with van der Waals surface area (Å²) in [4.78, 5) is 8.47. The molecule has 2 heterocycles. The molecule has 1 saturated heterocycles. The third-order valence-electron chi connectivity index (χ3n) is 3.24. The molecule has 0 aliphatic carbocycles. The van der Waals surface area contributed by atoms with E-state index in [4.69, 9.17) is 4.98 Å². The Kier molecular flexibility index (Phi) is 5.78. The van der Waals surface area contributed by atoms with Crippen LogP contribution in [0, 0.1) is 0 Å². The van der Waals surface area contributed by atoms with Crippen LogP contribution in [-0.2, 0) is 23.8 Å². The van der Waals surface area contributed by atoms with Crippen LogP contribution in [0.2, 0.25) is 0 Å². The molecule has 0 amide bonds. The van der Waals surface area contributed by atoms with Crippen molar-refractivity contribution in [2.45, 2.75) is 33.2 Å². The lowest BCUT2D eigenvalue weighted by Gasteiger charge is -2.25. The van der Waals surface area contributed by atoms with Crippen LogP contribution in [0.3, 0.4) is 0 Å². The number of nitrogens with zero attached hydrogens (tertiary/aromatic N) is 2. The van der Waals surface area contributed by atoms with Crippen LogP contribution < -0.4 is 10.2 Å². The van der Waals surface area contributed by atoms with Gasteiger partial charge in [-0.05, 0) is 13.0 Å². The van der Waals surface area contributed by atoms with Crippen molar-refractivity contribution >= 4 is 27.3 Å². The molecule has 1 N–H and O–H groups in total. The predicted molar refractivity (Wildman–Crippen MR) is 83.6 cm³/mol. The van der Waals surface area contributed by atoms with Gasteiger partial charge in [0.1, 0.15) is 0 Å². The van der Waals surface area contributed by atoms with E-state index in [0.29, 0.717) is 0 Å². The molecule has 1 aromatic heterocycles. The highest BCUT2D eigenvalue weighted by Gasteiger charge is 2.20. The molecule has 0 aromatic carbocycles. The first kappa shape index (κ1) is 14.9. The zero-order chi connectivity index (χ0) is 13.7. The van der Waals surface area contributed by atoms with Crippen LogP contribution in [-0.4, -0.2) is 40.3 Å². The summed E-state index contributed by atoms with van der Waals surface area (Å²) in [6.45, 7) is 7.99. The average Bonchev–Trinajstić information content (AvgIpc) is 2.81. The molecular formula is C13H23N3OS2. The summed E-state index contributed by atoms with van der Waals surface area (Å²) < 4.78 is 11.4. The lowest BCUT2D eigenvalue weighted by Crippen LogP contribution is -2.37. The molecule has 0 spiro atoms. The molecule has 1 fully saturated rings.